The number of hydrogen-bond acceptors (Lipinski definition) is 5. The smallest absolute Gasteiger partial charge is 0.354 e. The first kappa shape index (κ1) is 18.9. The van der Waals surface area contributed by atoms with Crippen molar-refractivity contribution in [2.75, 3.05) is 29.9 Å². The van der Waals surface area contributed by atoms with Gasteiger partial charge in [-0.2, -0.15) is 11.8 Å². The van der Waals surface area contributed by atoms with Gasteiger partial charge in [-0.05, 0) is 36.8 Å². The van der Waals surface area contributed by atoms with Gasteiger partial charge in [0.25, 0.3) is 11.8 Å². The van der Waals surface area contributed by atoms with Gasteiger partial charge in [-0.1, -0.05) is 6.07 Å². The summed E-state index contributed by atoms with van der Waals surface area (Å²) in [5, 5.41) is 11.6. The predicted octanol–water partition coefficient (Wildman–Crippen LogP) is 2.53. The summed E-state index contributed by atoms with van der Waals surface area (Å²) in [7, 11) is 0. The number of nitrogens with one attached hydrogen (secondary N) is 1. The molecule has 0 unspecified atom stereocenters. The Morgan fingerprint density at radius 1 is 1.15 bits per heavy atom. The average Bonchev–Trinajstić information content (AvgIpc) is 2.69. The van der Waals surface area contributed by atoms with Crippen LogP contribution in [0.25, 0.3) is 0 Å². The van der Waals surface area contributed by atoms with Crippen LogP contribution in [0.15, 0.2) is 36.5 Å². The molecule has 2 N–H and O–H groups in total. The van der Waals surface area contributed by atoms with Crippen molar-refractivity contribution < 1.29 is 19.5 Å². The van der Waals surface area contributed by atoms with E-state index in [0.717, 1.165) is 24.6 Å². The number of carbonyl (C=O) groups excluding carboxylic acids is 2. The third-order valence-corrected chi connectivity index (χ3v) is 5.30. The fourth-order valence-electron chi connectivity index (χ4n) is 2.79. The number of anilines is 1. The van der Waals surface area contributed by atoms with Gasteiger partial charge in [-0.15, -0.1) is 0 Å². The SMILES string of the molecule is Cc1c(NC(=O)c2ccc(C(=O)O)nc2)cccc1C(=O)N1CCSCC1. The third kappa shape index (κ3) is 4.28. The Balaban J connectivity index is 1.77. The maximum absolute atomic E-state index is 12.8. The van der Waals surface area contributed by atoms with Crippen molar-refractivity contribution in [3.8, 4) is 0 Å². The van der Waals surface area contributed by atoms with Crippen LogP contribution in [0.2, 0.25) is 0 Å². The number of nitrogens with zero attached hydrogens (tertiary/aromatic N) is 2. The first-order valence-electron chi connectivity index (χ1n) is 8.44. The van der Waals surface area contributed by atoms with Gasteiger partial charge in [0.1, 0.15) is 5.69 Å². The fraction of sp³-hybridized carbons (Fsp3) is 0.263. The summed E-state index contributed by atoms with van der Waals surface area (Å²) < 4.78 is 0. The zero-order chi connectivity index (χ0) is 19.4. The van der Waals surface area contributed by atoms with E-state index >= 15 is 0 Å². The van der Waals surface area contributed by atoms with Gasteiger partial charge < -0.3 is 15.3 Å². The molecule has 1 fully saturated rings. The zero-order valence-electron chi connectivity index (χ0n) is 14.8. The lowest BCUT2D eigenvalue weighted by Crippen LogP contribution is -2.38. The van der Waals surface area contributed by atoms with Gasteiger partial charge in [0, 0.05) is 42.0 Å². The molecule has 0 spiro atoms. The number of thioether (sulfide) groups is 1. The number of benzene rings is 1. The van der Waals surface area contributed by atoms with Crippen LogP contribution in [0.3, 0.4) is 0 Å². The number of carbonyl (C=O) groups is 3. The van der Waals surface area contributed by atoms with Gasteiger partial charge in [0.05, 0.1) is 5.56 Å². The largest absolute Gasteiger partial charge is 0.477 e. The molecule has 0 atom stereocenters. The van der Waals surface area contributed by atoms with E-state index in [1.54, 1.807) is 25.1 Å². The second kappa shape index (κ2) is 8.22. The highest BCUT2D eigenvalue weighted by molar-refractivity contribution is 7.99. The Labute approximate surface area is 160 Å². The molecule has 0 aliphatic carbocycles. The summed E-state index contributed by atoms with van der Waals surface area (Å²) >= 11 is 1.83. The number of amides is 2. The van der Waals surface area contributed by atoms with Gasteiger partial charge in [-0.25, -0.2) is 9.78 Å². The first-order valence-corrected chi connectivity index (χ1v) is 9.60. The predicted molar refractivity (Wildman–Crippen MR) is 104 cm³/mol. The number of carboxylic acid groups (broad SMARTS) is 1. The molecule has 140 valence electrons. The molecule has 1 aliphatic heterocycles. The van der Waals surface area contributed by atoms with Crippen LogP contribution in [0.4, 0.5) is 5.69 Å². The number of carboxylic acids is 1. The maximum Gasteiger partial charge on any atom is 0.354 e. The summed E-state index contributed by atoms with van der Waals surface area (Å²) in [4.78, 5) is 41.6. The van der Waals surface area contributed by atoms with E-state index in [1.165, 1.54) is 18.3 Å². The van der Waals surface area contributed by atoms with E-state index in [2.05, 4.69) is 10.3 Å². The molecule has 1 aliphatic rings. The van der Waals surface area contributed by atoms with E-state index in [-0.39, 0.29) is 17.2 Å². The van der Waals surface area contributed by atoms with Crippen LogP contribution in [0.5, 0.6) is 0 Å². The molecule has 2 heterocycles. The molecular formula is C19H19N3O4S. The van der Waals surface area contributed by atoms with E-state index in [1.807, 2.05) is 16.7 Å². The molecule has 2 amide bonds. The Kier molecular flexibility index (Phi) is 5.75. The zero-order valence-corrected chi connectivity index (χ0v) is 15.6. The molecule has 7 nitrogen and oxygen atoms in total. The van der Waals surface area contributed by atoms with E-state index in [0.29, 0.717) is 16.8 Å². The molecule has 1 aromatic heterocycles. The Morgan fingerprint density at radius 2 is 1.89 bits per heavy atom. The highest BCUT2D eigenvalue weighted by Gasteiger charge is 2.21. The molecule has 0 radical (unpaired) electrons. The molecule has 27 heavy (non-hydrogen) atoms. The Bertz CT molecular complexity index is 877. The van der Waals surface area contributed by atoms with Crippen LogP contribution in [-0.2, 0) is 0 Å². The first-order chi connectivity index (χ1) is 13.0. The molecule has 1 saturated heterocycles. The second-order valence-electron chi connectivity index (χ2n) is 6.07. The molecule has 1 aromatic carbocycles. The molecule has 3 rings (SSSR count). The Morgan fingerprint density at radius 3 is 2.52 bits per heavy atom. The highest BCUT2D eigenvalue weighted by Crippen LogP contribution is 2.22. The molecule has 0 saturated carbocycles. The van der Waals surface area contributed by atoms with Gasteiger partial charge >= 0.3 is 5.97 Å². The monoisotopic (exact) mass is 385 g/mol. The van der Waals surface area contributed by atoms with Crippen molar-refractivity contribution in [1.82, 2.24) is 9.88 Å². The minimum atomic E-state index is -1.15. The highest BCUT2D eigenvalue weighted by atomic mass is 32.2. The van der Waals surface area contributed by atoms with Crippen LogP contribution in [-0.4, -0.2) is 57.4 Å². The lowest BCUT2D eigenvalue weighted by atomic mass is 10.0. The van der Waals surface area contributed by atoms with Crippen molar-refractivity contribution in [3.05, 3.63) is 58.9 Å². The van der Waals surface area contributed by atoms with Crippen LogP contribution >= 0.6 is 11.8 Å². The van der Waals surface area contributed by atoms with Crippen LogP contribution in [0, 0.1) is 6.92 Å². The van der Waals surface area contributed by atoms with Gasteiger partial charge in [0.15, 0.2) is 0 Å². The van der Waals surface area contributed by atoms with Crippen molar-refractivity contribution >= 4 is 35.2 Å². The Hall–Kier alpha value is -2.87. The van der Waals surface area contributed by atoms with E-state index in [4.69, 9.17) is 5.11 Å². The fourth-order valence-corrected chi connectivity index (χ4v) is 3.69. The second-order valence-corrected chi connectivity index (χ2v) is 7.30. The van der Waals surface area contributed by atoms with Crippen molar-refractivity contribution in [3.63, 3.8) is 0 Å². The lowest BCUT2D eigenvalue weighted by Gasteiger charge is -2.27. The normalized spacial score (nSPS) is 13.9. The van der Waals surface area contributed by atoms with Gasteiger partial charge in [0.2, 0.25) is 0 Å². The number of aromatic nitrogens is 1. The number of rotatable bonds is 4. The third-order valence-electron chi connectivity index (χ3n) is 4.36. The standard InChI is InChI=1S/C19H19N3O4S/c1-12-14(18(24)22-7-9-27-10-8-22)3-2-4-15(12)21-17(23)13-5-6-16(19(25)26)20-11-13/h2-6,11H,7-10H2,1H3,(H,21,23)(H,25,26). The topological polar surface area (TPSA) is 99.6 Å². The van der Waals surface area contributed by atoms with Crippen molar-refractivity contribution in [1.29, 1.82) is 0 Å². The maximum atomic E-state index is 12.8. The van der Waals surface area contributed by atoms with E-state index in [9.17, 15) is 14.4 Å². The quantitative estimate of drug-likeness (QED) is 0.839. The number of pyridine rings is 1. The summed E-state index contributed by atoms with van der Waals surface area (Å²) in [6.07, 6.45) is 1.22. The molecule has 0 bridgehead atoms. The van der Waals surface area contributed by atoms with Crippen molar-refractivity contribution in [2.24, 2.45) is 0 Å². The van der Waals surface area contributed by atoms with Crippen molar-refractivity contribution in [2.45, 2.75) is 6.92 Å². The summed E-state index contributed by atoms with van der Waals surface area (Å²) in [5.41, 5.74) is 1.92. The minimum Gasteiger partial charge on any atom is -0.477 e. The summed E-state index contributed by atoms with van der Waals surface area (Å²) in [6.45, 7) is 3.25. The summed E-state index contributed by atoms with van der Waals surface area (Å²) in [5.74, 6) is 0.263. The minimum absolute atomic E-state index is 0.0311. The number of hydrogen-bond donors (Lipinski definition) is 2. The average molecular weight is 385 g/mol. The van der Waals surface area contributed by atoms with Gasteiger partial charge in [-0.3, -0.25) is 9.59 Å². The number of aromatic carboxylic acids is 1. The molecule has 2 aromatic rings. The summed E-state index contributed by atoms with van der Waals surface area (Å²) in [6, 6.07) is 7.91. The van der Waals surface area contributed by atoms with Crippen LogP contribution < -0.4 is 5.32 Å². The van der Waals surface area contributed by atoms with Crippen LogP contribution in [0.1, 0.15) is 36.8 Å². The molecular weight excluding hydrogens is 366 g/mol. The van der Waals surface area contributed by atoms with E-state index < -0.39 is 11.9 Å². The molecule has 8 heteroatoms. The lowest BCUT2D eigenvalue weighted by molar-refractivity contribution is 0.0689.